The molecule has 0 aromatic heterocycles. The van der Waals surface area contributed by atoms with Crippen molar-refractivity contribution in [1.29, 1.82) is 0 Å². The monoisotopic (exact) mass is 281 g/mol. The maximum absolute atomic E-state index is 12.2. The fourth-order valence-corrected chi connectivity index (χ4v) is 3.58. The van der Waals surface area contributed by atoms with Crippen molar-refractivity contribution in [2.24, 2.45) is 11.8 Å². The van der Waals surface area contributed by atoms with E-state index >= 15 is 0 Å². The van der Waals surface area contributed by atoms with E-state index < -0.39 is 0 Å². The summed E-state index contributed by atoms with van der Waals surface area (Å²) in [6, 6.07) is 0.370. The number of hydrogen-bond acceptors (Lipinski definition) is 2. The number of carbonyl (C=O) groups is 1. The number of amides is 1. The molecule has 0 spiro atoms. The van der Waals surface area contributed by atoms with Gasteiger partial charge in [-0.1, -0.05) is 26.7 Å². The van der Waals surface area contributed by atoms with Gasteiger partial charge in [0.15, 0.2) is 0 Å². The van der Waals surface area contributed by atoms with E-state index in [2.05, 4.69) is 19.2 Å². The third kappa shape index (κ3) is 4.76. The summed E-state index contributed by atoms with van der Waals surface area (Å²) in [4.78, 5) is 12.2. The third-order valence-corrected chi connectivity index (χ3v) is 5.02. The molecule has 2 aliphatic rings. The molecule has 0 saturated heterocycles. The van der Waals surface area contributed by atoms with E-state index in [1.165, 1.54) is 25.7 Å². The zero-order valence-corrected chi connectivity index (χ0v) is 13.4. The molecule has 2 fully saturated rings. The molecular weight excluding hydrogens is 250 g/mol. The van der Waals surface area contributed by atoms with Crippen LogP contribution in [0.25, 0.3) is 0 Å². The Hall–Kier alpha value is -0.570. The molecule has 0 bridgehead atoms. The van der Waals surface area contributed by atoms with E-state index in [0.717, 1.165) is 37.5 Å². The molecule has 0 aromatic rings. The SMILES string of the molecule is CC1CCC(NC(=O)[C@H](C)O[C@H]2CCC[C@@H](C)C2)CC1. The molecule has 3 atom stereocenters. The zero-order valence-electron chi connectivity index (χ0n) is 13.4. The molecular formula is C17H31NO2. The lowest BCUT2D eigenvalue weighted by Crippen LogP contribution is -2.44. The highest BCUT2D eigenvalue weighted by atomic mass is 16.5. The lowest BCUT2D eigenvalue weighted by atomic mass is 9.87. The minimum absolute atomic E-state index is 0.0859. The Labute approximate surface area is 123 Å². The molecule has 116 valence electrons. The molecule has 0 aromatic carbocycles. The van der Waals surface area contributed by atoms with Crippen LogP contribution >= 0.6 is 0 Å². The first-order valence-corrected chi connectivity index (χ1v) is 8.50. The maximum atomic E-state index is 12.2. The van der Waals surface area contributed by atoms with Crippen LogP contribution in [0.3, 0.4) is 0 Å². The standard InChI is InChI=1S/C17H31NO2/c1-12-7-9-15(10-8-12)18-17(19)14(3)20-16-6-4-5-13(2)11-16/h12-16H,4-11H2,1-3H3,(H,18,19)/t12?,13-,14+,15?,16+/m1/s1. The fourth-order valence-electron chi connectivity index (χ4n) is 3.58. The van der Waals surface area contributed by atoms with E-state index in [-0.39, 0.29) is 18.1 Å². The normalized spacial score (nSPS) is 36.4. The third-order valence-electron chi connectivity index (χ3n) is 5.02. The average molecular weight is 281 g/mol. The summed E-state index contributed by atoms with van der Waals surface area (Å²) in [6.07, 6.45) is 9.47. The molecule has 3 nitrogen and oxygen atoms in total. The molecule has 0 aliphatic heterocycles. The Morgan fingerprint density at radius 3 is 2.40 bits per heavy atom. The van der Waals surface area contributed by atoms with E-state index in [0.29, 0.717) is 6.04 Å². The van der Waals surface area contributed by atoms with Gasteiger partial charge < -0.3 is 10.1 Å². The second kappa shape index (κ2) is 7.44. The second-order valence-electron chi connectivity index (χ2n) is 7.14. The Bertz CT molecular complexity index is 310. The molecule has 1 N–H and O–H groups in total. The predicted molar refractivity (Wildman–Crippen MR) is 81.5 cm³/mol. The summed E-state index contributed by atoms with van der Waals surface area (Å²) >= 11 is 0. The van der Waals surface area contributed by atoms with Crippen LogP contribution in [0.15, 0.2) is 0 Å². The topological polar surface area (TPSA) is 38.3 Å². The second-order valence-corrected chi connectivity index (χ2v) is 7.14. The van der Waals surface area contributed by atoms with Crippen molar-refractivity contribution in [2.75, 3.05) is 0 Å². The Balaban J connectivity index is 1.71. The van der Waals surface area contributed by atoms with Crippen molar-refractivity contribution in [1.82, 2.24) is 5.32 Å². The molecule has 0 heterocycles. The molecule has 2 saturated carbocycles. The molecule has 20 heavy (non-hydrogen) atoms. The van der Waals surface area contributed by atoms with Crippen molar-refractivity contribution in [3.63, 3.8) is 0 Å². The van der Waals surface area contributed by atoms with Crippen LogP contribution in [0.4, 0.5) is 0 Å². The lowest BCUT2D eigenvalue weighted by molar-refractivity contribution is -0.138. The highest BCUT2D eigenvalue weighted by Gasteiger charge is 2.26. The summed E-state index contributed by atoms with van der Waals surface area (Å²) < 4.78 is 5.97. The Morgan fingerprint density at radius 2 is 1.75 bits per heavy atom. The van der Waals surface area contributed by atoms with Gasteiger partial charge in [0.1, 0.15) is 6.10 Å². The van der Waals surface area contributed by atoms with Crippen LogP contribution < -0.4 is 5.32 Å². The van der Waals surface area contributed by atoms with Crippen molar-refractivity contribution < 1.29 is 9.53 Å². The Morgan fingerprint density at radius 1 is 1.05 bits per heavy atom. The first kappa shape index (κ1) is 15.8. The van der Waals surface area contributed by atoms with Crippen LogP contribution in [0.5, 0.6) is 0 Å². The van der Waals surface area contributed by atoms with E-state index in [9.17, 15) is 4.79 Å². The van der Waals surface area contributed by atoms with Crippen molar-refractivity contribution >= 4 is 5.91 Å². The van der Waals surface area contributed by atoms with Crippen LogP contribution in [0.2, 0.25) is 0 Å². The Kier molecular flexibility index (Phi) is 5.88. The predicted octanol–water partition coefficient (Wildman–Crippen LogP) is 3.67. The molecule has 2 aliphatic carbocycles. The van der Waals surface area contributed by atoms with Gasteiger partial charge in [-0.2, -0.15) is 0 Å². The highest BCUT2D eigenvalue weighted by Crippen LogP contribution is 2.27. The van der Waals surface area contributed by atoms with E-state index in [1.807, 2.05) is 6.92 Å². The number of nitrogens with one attached hydrogen (secondary N) is 1. The van der Waals surface area contributed by atoms with Gasteiger partial charge in [-0.3, -0.25) is 4.79 Å². The number of rotatable bonds is 4. The summed E-state index contributed by atoms with van der Waals surface area (Å²) in [7, 11) is 0. The average Bonchev–Trinajstić information content (AvgIpc) is 2.41. The molecule has 0 unspecified atom stereocenters. The van der Waals surface area contributed by atoms with Gasteiger partial charge in [0, 0.05) is 6.04 Å². The first-order valence-electron chi connectivity index (χ1n) is 8.50. The van der Waals surface area contributed by atoms with Gasteiger partial charge in [-0.15, -0.1) is 0 Å². The van der Waals surface area contributed by atoms with Crippen LogP contribution in [-0.4, -0.2) is 24.2 Å². The van der Waals surface area contributed by atoms with Crippen LogP contribution in [-0.2, 0) is 9.53 Å². The minimum atomic E-state index is -0.301. The summed E-state index contributed by atoms with van der Waals surface area (Å²) in [5.41, 5.74) is 0. The molecule has 3 heteroatoms. The van der Waals surface area contributed by atoms with Gasteiger partial charge in [0.25, 0.3) is 0 Å². The van der Waals surface area contributed by atoms with E-state index in [1.54, 1.807) is 0 Å². The number of hydrogen-bond donors (Lipinski definition) is 1. The number of carbonyl (C=O) groups excluding carboxylic acids is 1. The smallest absolute Gasteiger partial charge is 0.249 e. The van der Waals surface area contributed by atoms with Crippen LogP contribution in [0, 0.1) is 11.8 Å². The van der Waals surface area contributed by atoms with Gasteiger partial charge in [0.05, 0.1) is 6.10 Å². The first-order chi connectivity index (χ1) is 9.54. The quantitative estimate of drug-likeness (QED) is 0.854. The van der Waals surface area contributed by atoms with Crippen LogP contribution in [0.1, 0.15) is 72.1 Å². The lowest BCUT2D eigenvalue weighted by Gasteiger charge is -2.31. The summed E-state index contributed by atoms with van der Waals surface area (Å²) in [6.45, 7) is 6.48. The van der Waals surface area contributed by atoms with Gasteiger partial charge in [0.2, 0.25) is 5.91 Å². The van der Waals surface area contributed by atoms with Crippen molar-refractivity contribution in [3.05, 3.63) is 0 Å². The van der Waals surface area contributed by atoms with Gasteiger partial charge >= 0.3 is 0 Å². The van der Waals surface area contributed by atoms with Gasteiger partial charge in [-0.05, 0) is 57.3 Å². The minimum Gasteiger partial charge on any atom is -0.365 e. The zero-order chi connectivity index (χ0) is 14.5. The molecule has 2 rings (SSSR count). The highest BCUT2D eigenvalue weighted by molar-refractivity contribution is 5.80. The summed E-state index contributed by atoms with van der Waals surface area (Å²) in [5, 5.41) is 3.18. The molecule has 0 radical (unpaired) electrons. The van der Waals surface area contributed by atoms with E-state index in [4.69, 9.17) is 4.74 Å². The molecule has 1 amide bonds. The van der Waals surface area contributed by atoms with Gasteiger partial charge in [-0.25, -0.2) is 0 Å². The summed E-state index contributed by atoms with van der Waals surface area (Å²) in [5.74, 6) is 1.65. The van der Waals surface area contributed by atoms with Crippen molar-refractivity contribution in [2.45, 2.75) is 90.4 Å². The number of ether oxygens (including phenoxy) is 1. The largest absolute Gasteiger partial charge is 0.365 e. The fraction of sp³-hybridized carbons (Fsp3) is 0.941. The maximum Gasteiger partial charge on any atom is 0.249 e. The van der Waals surface area contributed by atoms with Crippen molar-refractivity contribution in [3.8, 4) is 0 Å².